The lowest BCUT2D eigenvalue weighted by Crippen LogP contribution is -2.56. The lowest BCUT2D eigenvalue weighted by Gasteiger charge is -2.37. The molecule has 3 aromatic rings. The highest BCUT2D eigenvalue weighted by Crippen LogP contribution is 2.31. The summed E-state index contributed by atoms with van der Waals surface area (Å²) >= 11 is 0. The fraction of sp³-hybridized carbons (Fsp3) is 0.333. The quantitative estimate of drug-likeness (QED) is 0.706. The molecular weight excluding hydrogens is 368 g/mol. The normalized spacial score (nSPS) is 18.8. The first kappa shape index (κ1) is 18.2. The molecule has 2 N–H and O–H groups in total. The van der Waals surface area contributed by atoms with Gasteiger partial charge in [-0.15, -0.1) is 10.2 Å². The highest BCUT2D eigenvalue weighted by Gasteiger charge is 2.44. The van der Waals surface area contributed by atoms with Crippen LogP contribution >= 0.6 is 0 Å². The molecule has 1 fully saturated rings. The molecule has 0 spiro atoms. The van der Waals surface area contributed by atoms with Crippen molar-refractivity contribution in [1.82, 2.24) is 30.0 Å². The Morgan fingerprint density at radius 3 is 2.82 bits per heavy atom. The van der Waals surface area contributed by atoms with Gasteiger partial charge < -0.3 is 19.9 Å². The minimum atomic E-state index is -2.88. The van der Waals surface area contributed by atoms with Crippen LogP contribution < -0.4 is 10.2 Å². The number of nitrogens with one attached hydrogen (secondary N) is 1. The monoisotopic (exact) mass is 387 g/mol. The number of nitrogens with zero attached hydrogens (tertiary/aromatic N) is 6. The number of piperidine rings is 1. The summed E-state index contributed by atoms with van der Waals surface area (Å²) in [6.45, 7) is 0.137. The first-order valence-corrected chi connectivity index (χ1v) is 8.78. The van der Waals surface area contributed by atoms with Crippen LogP contribution in [0.3, 0.4) is 0 Å². The molecule has 28 heavy (non-hydrogen) atoms. The molecule has 1 aliphatic heterocycles. The Bertz CT molecular complexity index is 947. The number of hydrogen-bond donors (Lipinski definition) is 2. The zero-order valence-corrected chi connectivity index (χ0v) is 15.1. The smallest absolute Gasteiger partial charge is 0.280 e. The van der Waals surface area contributed by atoms with Gasteiger partial charge in [-0.2, -0.15) is 0 Å². The van der Waals surface area contributed by atoms with Crippen LogP contribution in [0.2, 0.25) is 0 Å². The third-order valence-corrected chi connectivity index (χ3v) is 4.84. The largest absolute Gasteiger partial charge is 0.507 e. The van der Waals surface area contributed by atoms with E-state index >= 15 is 0 Å². The van der Waals surface area contributed by atoms with Crippen LogP contribution in [-0.4, -0.2) is 61.9 Å². The molecule has 8 nitrogen and oxygen atoms in total. The molecule has 0 radical (unpaired) electrons. The van der Waals surface area contributed by atoms with Crippen molar-refractivity contribution in [3.05, 3.63) is 43.1 Å². The predicted octanol–water partition coefficient (Wildman–Crippen LogP) is 1.86. The van der Waals surface area contributed by atoms with E-state index in [0.29, 0.717) is 17.8 Å². The number of phenols is 1. The average Bonchev–Trinajstić information content (AvgIpc) is 3.22. The number of aromatic hydroxyl groups is 1. The van der Waals surface area contributed by atoms with E-state index in [2.05, 4.69) is 25.5 Å². The van der Waals surface area contributed by atoms with E-state index in [4.69, 9.17) is 0 Å². The van der Waals surface area contributed by atoms with Gasteiger partial charge in [0.05, 0.1) is 30.8 Å². The molecule has 1 saturated heterocycles. The van der Waals surface area contributed by atoms with Crippen molar-refractivity contribution in [3.8, 4) is 22.7 Å². The van der Waals surface area contributed by atoms with Crippen molar-refractivity contribution >= 4 is 5.95 Å². The third-order valence-electron chi connectivity index (χ3n) is 4.84. The summed E-state index contributed by atoms with van der Waals surface area (Å²) in [4.78, 5) is 9.51. The summed E-state index contributed by atoms with van der Waals surface area (Å²) < 4.78 is 30.0. The van der Waals surface area contributed by atoms with Gasteiger partial charge in [-0.3, -0.25) is 0 Å². The molecule has 4 rings (SSSR count). The van der Waals surface area contributed by atoms with Crippen LogP contribution in [0.25, 0.3) is 16.9 Å². The Labute approximate surface area is 159 Å². The fourth-order valence-corrected chi connectivity index (χ4v) is 3.30. The van der Waals surface area contributed by atoms with Gasteiger partial charge in [-0.05, 0) is 25.1 Å². The lowest BCUT2D eigenvalue weighted by molar-refractivity contribution is -0.0404. The lowest BCUT2D eigenvalue weighted by atomic mass is 10.0. The molecule has 0 amide bonds. The molecule has 1 aromatic carbocycles. The van der Waals surface area contributed by atoms with Crippen LogP contribution in [0.15, 0.2) is 43.1 Å². The van der Waals surface area contributed by atoms with Crippen molar-refractivity contribution < 1.29 is 13.9 Å². The standard InChI is InChI=1S/C18H19F2N7O/c1-26(16-4-5-21-10-18(16,19)20)17-23-9-14(24-25-17)13-3-2-12(8-15(13)28)27-7-6-22-11-27/h2-3,6-9,11,16,21,28H,4-5,10H2,1H3/t16-/m1/s1. The Morgan fingerprint density at radius 1 is 1.32 bits per heavy atom. The number of phenolic OH excluding ortho intramolecular Hbond substituents is 1. The van der Waals surface area contributed by atoms with Gasteiger partial charge in [-0.25, -0.2) is 18.7 Å². The van der Waals surface area contributed by atoms with E-state index in [1.54, 1.807) is 41.5 Å². The zero-order valence-electron chi connectivity index (χ0n) is 15.1. The summed E-state index contributed by atoms with van der Waals surface area (Å²) in [5, 5.41) is 21.1. The second-order valence-electron chi connectivity index (χ2n) is 6.67. The minimum Gasteiger partial charge on any atom is -0.507 e. The Hall–Kier alpha value is -3.14. The summed E-state index contributed by atoms with van der Waals surface area (Å²) in [5.41, 5.74) is 1.54. The third kappa shape index (κ3) is 3.38. The SMILES string of the molecule is CN(c1ncc(-c2ccc(-n3ccnc3)cc2O)nn1)[C@@H]1CCNCC1(F)F. The van der Waals surface area contributed by atoms with Crippen molar-refractivity contribution in [2.24, 2.45) is 0 Å². The molecule has 2 aromatic heterocycles. The van der Waals surface area contributed by atoms with E-state index in [1.165, 1.54) is 18.1 Å². The maximum Gasteiger partial charge on any atom is 0.280 e. The molecule has 10 heteroatoms. The van der Waals surface area contributed by atoms with Gasteiger partial charge in [-0.1, -0.05) is 0 Å². The van der Waals surface area contributed by atoms with Crippen LogP contribution in [0.4, 0.5) is 14.7 Å². The Morgan fingerprint density at radius 2 is 2.18 bits per heavy atom. The van der Waals surface area contributed by atoms with Crippen LogP contribution in [-0.2, 0) is 0 Å². The van der Waals surface area contributed by atoms with Crippen LogP contribution in [0.5, 0.6) is 5.75 Å². The van der Waals surface area contributed by atoms with Crippen LogP contribution in [0.1, 0.15) is 6.42 Å². The summed E-state index contributed by atoms with van der Waals surface area (Å²) in [5.74, 6) is -2.76. The highest BCUT2D eigenvalue weighted by molar-refractivity contribution is 5.68. The second kappa shape index (κ2) is 7.12. The van der Waals surface area contributed by atoms with Gasteiger partial charge in [0, 0.05) is 31.1 Å². The molecule has 0 saturated carbocycles. The maximum atomic E-state index is 14.1. The van der Waals surface area contributed by atoms with Gasteiger partial charge in [0.15, 0.2) is 0 Å². The Kier molecular flexibility index (Phi) is 4.63. The van der Waals surface area contributed by atoms with Gasteiger partial charge in [0.2, 0.25) is 5.95 Å². The van der Waals surface area contributed by atoms with Crippen molar-refractivity contribution in [2.75, 3.05) is 25.0 Å². The molecule has 3 heterocycles. The zero-order chi connectivity index (χ0) is 19.7. The van der Waals surface area contributed by atoms with E-state index in [0.717, 1.165) is 5.69 Å². The van der Waals surface area contributed by atoms with Crippen LogP contribution in [0, 0.1) is 0 Å². The van der Waals surface area contributed by atoms with Crippen molar-refractivity contribution in [1.29, 1.82) is 0 Å². The molecule has 0 unspecified atom stereocenters. The number of benzene rings is 1. The van der Waals surface area contributed by atoms with Gasteiger partial charge in [0.25, 0.3) is 5.92 Å². The fourth-order valence-electron chi connectivity index (χ4n) is 3.30. The number of hydrogen-bond acceptors (Lipinski definition) is 7. The Balaban J connectivity index is 1.56. The van der Waals surface area contributed by atoms with Crippen molar-refractivity contribution in [2.45, 2.75) is 18.4 Å². The number of anilines is 1. The summed E-state index contributed by atoms with van der Waals surface area (Å²) in [6, 6.07) is 4.08. The number of alkyl halides is 2. The molecular formula is C18H19F2N7O. The molecule has 0 aliphatic carbocycles. The summed E-state index contributed by atoms with van der Waals surface area (Å²) in [7, 11) is 1.54. The number of imidazole rings is 1. The number of rotatable bonds is 4. The molecule has 1 atom stereocenters. The summed E-state index contributed by atoms with van der Waals surface area (Å²) in [6.07, 6.45) is 6.73. The molecule has 1 aliphatic rings. The van der Waals surface area contributed by atoms with Gasteiger partial charge in [0.1, 0.15) is 11.4 Å². The first-order valence-electron chi connectivity index (χ1n) is 8.78. The topological polar surface area (TPSA) is 92.0 Å². The second-order valence-corrected chi connectivity index (χ2v) is 6.67. The minimum absolute atomic E-state index is 0.00768. The molecule has 0 bridgehead atoms. The average molecular weight is 387 g/mol. The maximum absolute atomic E-state index is 14.1. The predicted molar refractivity (Wildman–Crippen MR) is 98.7 cm³/mol. The molecule has 146 valence electrons. The van der Waals surface area contributed by atoms with E-state index < -0.39 is 12.0 Å². The van der Waals surface area contributed by atoms with Gasteiger partial charge >= 0.3 is 0 Å². The van der Waals surface area contributed by atoms with E-state index in [1.807, 2.05) is 0 Å². The highest BCUT2D eigenvalue weighted by atomic mass is 19.3. The first-order chi connectivity index (χ1) is 13.5. The number of halogens is 2. The van der Waals surface area contributed by atoms with E-state index in [-0.39, 0.29) is 24.7 Å². The van der Waals surface area contributed by atoms with Crippen molar-refractivity contribution in [3.63, 3.8) is 0 Å². The number of aromatic nitrogens is 5. The van der Waals surface area contributed by atoms with E-state index in [9.17, 15) is 13.9 Å².